The van der Waals surface area contributed by atoms with Crippen molar-refractivity contribution < 1.29 is 0 Å². The van der Waals surface area contributed by atoms with Gasteiger partial charge in [-0.3, -0.25) is 0 Å². The van der Waals surface area contributed by atoms with Gasteiger partial charge in [0.25, 0.3) is 0 Å². The van der Waals surface area contributed by atoms with E-state index in [1.54, 1.807) is 0 Å². The van der Waals surface area contributed by atoms with E-state index < -0.39 is 0 Å². The van der Waals surface area contributed by atoms with E-state index in [4.69, 9.17) is 11.5 Å². The molecular formula is C17H38N2. The van der Waals surface area contributed by atoms with Crippen LogP contribution in [0.25, 0.3) is 0 Å². The van der Waals surface area contributed by atoms with Gasteiger partial charge in [-0.05, 0) is 69.6 Å². The first kappa shape index (κ1) is 18.9. The topological polar surface area (TPSA) is 52.0 Å². The predicted molar refractivity (Wildman–Crippen MR) is 87.2 cm³/mol. The van der Waals surface area contributed by atoms with Crippen molar-refractivity contribution >= 4 is 0 Å². The molecule has 2 fully saturated rings. The van der Waals surface area contributed by atoms with Crippen LogP contribution in [0.5, 0.6) is 0 Å². The summed E-state index contributed by atoms with van der Waals surface area (Å²) in [7, 11) is 0. The lowest BCUT2D eigenvalue weighted by Gasteiger charge is -2.32. The van der Waals surface area contributed by atoms with Gasteiger partial charge in [0.05, 0.1) is 0 Å². The maximum atomic E-state index is 5.93. The molecule has 19 heavy (non-hydrogen) atoms. The van der Waals surface area contributed by atoms with Crippen molar-refractivity contribution in [2.24, 2.45) is 23.3 Å². The van der Waals surface area contributed by atoms with Crippen molar-refractivity contribution in [2.75, 3.05) is 0 Å². The average Bonchev–Trinajstić information content (AvgIpc) is 2.48. The van der Waals surface area contributed by atoms with Crippen molar-refractivity contribution in [2.45, 2.75) is 97.6 Å². The summed E-state index contributed by atoms with van der Waals surface area (Å²) in [6.45, 7) is 8.00. The first-order valence-electron chi connectivity index (χ1n) is 8.75. The molecule has 2 nitrogen and oxygen atoms in total. The van der Waals surface area contributed by atoms with Gasteiger partial charge < -0.3 is 11.5 Å². The molecule has 0 atom stereocenters. The third kappa shape index (κ3) is 7.94. The Balaban J connectivity index is 0.000000741. The van der Waals surface area contributed by atoms with Gasteiger partial charge in [0.15, 0.2) is 0 Å². The molecule has 0 aromatic rings. The fraction of sp³-hybridized carbons (Fsp3) is 1.00. The number of nitrogens with two attached hydrogens (primary N) is 2. The summed E-state index contributed by atoms with van der Waals surface area (Å²) in [5.41, 5.74) is 11.9. The minimum Gasteiger partial charge on any atom is -0.328 e. The van der Waals surface area contributed by atoms with E-state index in [9.17, 15) is 0 Å². The monoisotopic (exact) mass is 270 g/mol. The highest BCUT2D eigenvalue weighted by atomic mass is 14.6. The summed E-state index contributed by atoms with van der Waals surface area (Å²) in [5.74, 6) is 1.95. The summed E-state index contributed by atoms with van der Waals surface area (Å²) < 4.78 is 0. The van der Waals surface area contributed by atoms with Crippen LogP contribution >= 0.6 is 0 Å². The van der Waals surface area contributed by atoms with Crippen LogP contribution in [-0.2, 0) is 0 Å². The summed E-state index contributed by atoms with van der Waals surface area (Å²) in [6, 6.07) is 1.00. The van der Waals surface area contributed by atoms with Gasteiger partial charge >= 0.3 is 0 Å². The van der Waals surface area contributed by atoms with Crippen LogP contribution in [0, 0.1) is 11.8 Å². The zero-order valence-corrected chi connectivity index (χ0v) is 13.8. The molecule has 0 amide bonds. The van der Waals surface area contributed by atoms with E-state index in [2.05, 4.69) is 0 Å². The standard InChI is InChI=1S/C13H26N2.2C2H6/c14-12-5-1-10(2-6-12)9-11-3-7-13(15)8-4-11;2*1-2/h10-13H,1-9,14-15H2;2*1-2H3. The molecule has 2 saturated carbocycles. The lowest BCUT2D eigenvalue weighted by molar-refractivity contribution is 0.225. The first-order valence-corrected chi connectivity index (χ1v) is 8.75. The normalized spacial score (nSPS) is 34.4. The maximum Gasteiger partial charge on any atom is 0.00390 e. The van der Waals surface area contributed by atoms with Crippen LogP contribution < -0.4 is 11.5 Å². The highest BCUT2D eigenvalue weighted by Crippen LogP contribution is 2.34. The molecule has 2 aliphatic carbocycles. The smallest absolute Gasteiger partial charge is 0.00390 e. The second-order valence-corrected chi connectivity index (χ2v) is 5.80. The molecule has 2 rings (SSSR count). The minimum absolute atomic E-state index is 0.501. The largest absolute Gasteiger partial charge is 0.328 e. The van der Waals surface area contributed by atoms with E-state index in [0.29, 0.717) is 12.1 Å². The average molecular weight is 271 g/mol. The Hall–Kier alpha value is -0.0800. The molecule has 0 unspecified atom stereocenters. The fourth-order valence-electron chi connectivity index (χ4n) is 3.32. The lowest BCUT2D eigenvalue weighted by atomic mass is 9.76. The van der Waals surface area contributed by atoms with E-state index in [1.165, 1.54) is 57.8 Å². The molecule has 2 aliphatic rings. The molecule has 0 heterocycles. The third-order valence-electron chi connectivity index (χ3n) is 4.45. The van der Waals surface area contributed by atoms with Crippen LogP contribution in [0.3, 0.4) is 0 Å². The maximum absolute atomic E-state index is 5.93. The Bertz CT molecular complexity index is 158. The van der Waals surface area contributed by atoms with Crippen molar-refractivity contribution in [1.82, 2.24) is 0 Å². The zero-order chi connectivity index (χ0) is 14.7. The van der Waals surface area contributed by atoms with Gasteiger partial charge in [0.1, 0.15) is 0 Å². The van der Waals surface area contributed by atoms with Gasteiger partial charge in [0, 0.05) is 12.1 Å². The van der Waals surface area contributed by atoms with Gasteiger partial charge in [0.2, 0.25) is 0 Å². The molecule has 4 N–H and O–H groups in total. The molecular weight excluding hydrogens is 232 g/mol. The highest BCUT2D eigenvalue weighted by molar-refractivity contribution is 4.80. The van der Waals surface area contributed by atoms with Crippen LogP contribution in [0.15, 0.2) is 0 Å². The van der Waals surface area contributed by atoms with Crippen molar-refractivity contribution in [3.05, 3.63) is 0 Å². The van der Waals surface area contributed by atoms with Gasteiger partial charge in [-0.1, -0.05) is 27.7 Å². The third-order valence-corrected chi connectivity index (χ3v) is 4.45. The molecule has 0 aromatic carbocycles. The molecule has 116 valence electrons. The molecule has 0 aromatic heterocycles. The Labute approximate surface area is 121 Å². The van der Waals surface area contributed by atoms with E-state index in [-0.39, 0.29) is 0 Å². The van der Waals surface area contributed by atoms with Crippen molar-refractivity contribution in [3.8, 4) is 0 Å². The molecule has 0 bridgehead atoms. The van der Waals surface area contributed by atoms with Gasteiger partial charge in [-0.25, -0.2) is 0 Å². The second kappa shape index (κ2) is 11.7. The molecule has 0 aliphatic heterocycles. The number of hydrogen-bond acceptors (Lipinski definition) is 2. The summed E-state index contributed by atoms with van der Waals surface area (Å²) >= 11 is 0. The predicted octanol–water partition coefficient (Wildman–Crippen LogP) is 4.46. The van der Waals surface area contributed by atoms with Crippen molar-refractivity contribution in [3.63, 3.8) is 0 Å². The zero-order valence-electron chi connectivity index (χ0n) is 13.8. The molecule has 0 saturated heterocycles. The summed E-state index contributed by atoms with van der Waals surface area (Å²) in [5, 5.41) is 0. The Morgan fingerprint density at radius 2 is 0.842 bits per heavy atom. The SMILES string of the molecule is CC.CC.NC1CCC(CC2CCC(N)CC2)CC1. The molecule has 0 radical (unpaired) electrons. The quantitative estimate of drug-likeness (QED) is 0.778. The van der Waals surface area contributed by atoms with E-state index >= 15 is 0 Å². The molecule has 0 spiro atoms. The second-order valence-electron chi connectivity index (χ2n) is 5.80. The first-order chi connectivity index (χ1) is 9.24. The Morgan fingerprint density at radius 1 is 0.579 bits per heavy atom. The van der Waals surface area contributed by atoms with Crippen molar-refractivity contribution in [1.29, 1.82) is 0 Å². The fourth-order valence-corrected chi connectivity index (χ4v) is 3.32. The summed E-state index contributed by atoms with van der Waals surface area (Å²) in [4.78, 5) is 0. The molecule has 2 heteroatoms. The Morgan fingerprint density at radius 3 is 1.11 bits per heavy atom. The Kier molecular flexibility index (Phi) is 11.7. The van der Waals surface area contributed by atoms with Gasteiger partial charge in [-0.15, -0.1) is 0 Å². The highest BCUT2D eigenvalue weighted by Gasteiger charge is 2.24. The summed E-state index contributed by atoms with van der Waals surface area (Å²) in [6.07, 6.45) is 12.0. The van der Waals surface area contributed by atoms with E-state index in [0.717, 1.165) is 11.8 Å². The van der Waals surface area contributed by atoms with Crippen LogP contribution in [0.1, 0.15) is 85.5 Å². The number of hydrogen-bond donors (Lipinski definition) is 2. The van der Waals surface area contributed by atoms with Crippen LogP contribution in [-0.4, -0.2) is 12.1 Å². The lowest BCUT2D eigenvalue weighted by Crippen LogP contribution is -2.30. The van der Waals surface area contributed by atoms with Crippen LogP contribution in [0.2, 0.25) is 0 Å². The number of rotatable bonds is 2. The van der Waals surface area contributed by atoms with E-state index in [1.807, 2.05) is 27.7 Å². The van der Waals surface area contributed by atoms with Gasteiger partial charge in [-0.2, -0.15) is 0 Å². The minimum atomic E-state index is 0.501. The van der Waals surface area contributed by atoms with Crippen LogP contribution in [0.4, 0.5) is 0 Å².